The highest BCUT2D eigenvalue weighted by Gasteiger charge is 2.38. The van der Waals surface area contributed by atoms with E-state index in [2.05, 4.69) is 19.9 Å². The van der Waals surface area contributed by atoms with Crippen LogP contribution in [-0.4, -0.2) is 57.6 Å². The summed E-state index contributed by atoms with van der Waals surface area (Å²) in [7, 11) is 3.52. The summed E-state index contributed by atoms with van der Waals surface area (Å²) >= 11 is 0. The molecule has 0 spiro atoms. The third-order valence-corrected chi connectivity index (χ3v) is 3.53. The molecule has 124 valence electrons. The molecule has 1 aliphatic rings. The zero-order valence-electron chi connectivity index (χ0n) is 13.4. The molecular formula is C14H19N5O4. The standard InChI is InChI=1S/C14H19N5O4/c1-14(2)22-6-8(23-14)10(20)7-5-15-11-9(16-7)12(21)18-13(17-11)19(3)4/h5,8,10,20H,6H2,1-4H3,(H,15,17,18,21)/t8-,10-/m1/s1. The number of nitrogens with one attached hydrogen (secondary N) is 1. The van der Waals surface area contributed by atoms with Gasteiger partial charge in [-0.15, -0.1) is 0 Å². The van der Waals surface area contributed by atoms with Gasteiger partial charge in [0.05, 0.1) is 18.5 Å². The highest BCUT2D eigenvalue weighted by molar-refractivity contribution is 5.69. The SMILES string of the molecule is CN(C)c1nc2ncc([C@@H](O)[C@H]3COC(C)(C)O3)nc2c(=O)[nH]1. The molecule has 9 nitrogen and oxygen atoms in total. The highest BCUT2D eigenvalue weighted by atomic mass is 16.7. The van der Waals surface area contributed by atoms with E-state index < -0.39 is 23.6 Å². The molecule has 1 fully saturated rings. The number of fused-ring (bicyclic) bond motifs is 1. The fraction of sp³-hybridized carbons (Fsp3) is 0.571. The predicted molar refractivity (Wildman–Crippen MR) is 82.1 cm³/mol. The largest absolute Gasteiger partial charge is 0.384 e. The van der Waals surface area contributed by atoms with Gasteiger partial charge < -0.3 is 19.5 Å². The van der Waals surface area contributed by atoms with Crippen LogP contribution >= 0.6 is 0 Å². The first kappa shape index (κ1) is 15.8. The van der Waals surface area contributed by atoms with Gasteiger partial charge in [-0.1, -0.05) is 0 Å². The van der Waals surface area contributed by atoms with Gasteiger partial charge in [-0.25, -0.2) is 9.97 Å². The van der Waals surface area contributed by atoms with Crippen LogP contribution < -0.4 is 10.5 Å². The Morgan fingerprint density at radius 3 is 2.78 bits per heavy atom. The lowest BCUT2D eigenvalue weighted by atomic mass is 10.1. The van der Waals surface area contributed by atoms with E-state index in [0.717, 1.165) is 0 Å². The maximum Gasteiger partial charge on any atom is 0.280 e. The van der Waals surface area contributed by atoms with Crippen molar-refractivity contribution in [3.05, 3.63) is 22.2 Å². The number of anilines is 1. The molecule has 2 aromatic rings. The van der Waals surface area contributed by atoms with Crippen LogP contribution in [0, 0.1) is 0 Å². The Kier molecular flexibility index (Phi) is 3.78. The third-order valence-electron chi connectivity index (χ3n) is 3.53. The zero-order chi connectivity index (χ0) is 16.8. The summed E-state index contributed by atoms with van der Waals surface area (Å²) in [5.41, 5.74) is 0.125. The summed E-state index contributed by atoms with van der Waals surface area (Å²) in [5.74, 6) is -0.366. The molecule has 3 heterocycles. The minimum Gasteiger partial charge on any atom is -0.384 e. The van der Waals surface area contributed by atoms with E-state index in [9.17, 15) is 9.90 Å². The lowest BCUT2D eigenvalue weighted by molar-refractivity contribution is -0.151. The van der Waals surface area contributed by atoms with Crippen molar-refractivity contribution in [1.29, 1.82) is 0 Å². The van der Waals surface area contributed by atoms with Gasteiger partial charge in [-0.3, -0.25) is 9.78 Å². The molecule has 0 amide bonds. The van der Waals surface area contributed by atoms with Crippen molar-refractivity contribution in [3.8, 4) is 0 Å². The molecule has 9 heteroatoms. The Morgan fingerprint density at radius 1 is 1.43 bits per heavy atom. The van der Waals surface area contributed by atoms with E-state index >= 15 is 0 Å². The smallest absolute Gasteiger partial charge is 0.280 e. The lowest BCUT2D eigenvalue weighted by Crippen LogP contribution is -2.26. The van der Waals surface area contributed by atoms with E-state index in [1.54, 1.807) is 32.8 Å². The number of H-pyrrole nitrogens is 1. The Bertz CT molecular complexity index is 788. The maximum absolute atomic E-state index is 12.1. The monoisotopic (exact) mass is 321 g/mol. The van der Waals surface area contributed by atoms with Crippen molar-refractivity contribution in [2.75, 3.05) is 25.6 Å². The summed E-state index contributed by atoms with van der Waals surface area (Å²) < 4.78 is 11.0. The second kappa shape index (κ2) is 5.52. The normalized spacial score (nSPS) is 21.5. The van der Waals surface area contributed by atoms with Crippen molar-refractivity contribution in [3.63, 3.8) is 0 Å². The summed E-state index contributed by atoms with van der Waals surface area (Å²) in [6, 6.07) is 0. The lowest BCUT2D eigenvalue weighted by Gasteiger charge is -2.20. The molecule has 1 saturated heterocycles. The summed E-state index contributed by atoms with van der Waals surface area (Å²) in [6.07, 6.45) is -0.209. The van der Waals surface area contributed by atoms with Crippen molar-refractivity contribution < 1.29 is 14.6 Å². The molecule has 0 aliphatic carbocycles. The van der Waals surface area contributed by atoms with Crippen LogP contribution in [0.3, 0.4) is 0 Å². The van der Waals surface area contributed by atoms with Gasteiger partial charge in [0.1, 0.15) is 12.2 Å². The Balaban J connectivity index is 1.96. The van der Waals surface area contributed by atoms with E-state index in [1.807, 2.05) is 0 Å². The summed E-state index contributed by atoms with van der Waals surface area (Å²) in [6.45, 7) is 3.77. The van der Waals surface area contributed by atoms with Gasteiger partial charge in [0, 0.05) is 14.1 Å². The molecule has 2 N–H and O–H groups in total. The molecule has 0 unspecified atom stereocenters. The number of hydrogen-bond acceptors (Lipinski definition) is 8. The number of hydrogen-bond donors (Lipinski definition) is 2. The number of nitrogens with zero attached hydrogens (tertiary/aromatic N) is 4. The van der Waals surface area contributed by atoms with Gasteiger partial charge in [0.15, 0.2) is 17.0 Å². The van der Waals surface area contributed by atoms with Crippen LogP contribution in [0.2, 0.25) is 0 Å². The van der Waals surface area contributed by atoms with E-state index in [1.165, 1.54) is 6.20 Å². The quantitative estimate of drug-likeness (QED) is 0.810. The minimum atomic E-state index is -1.04. The fourth-order valence-corrected chi connectivity index (χ4v) is 2.34. The van der Waals surface area contributed by atoms with Gasteiger partial charge >= 0.3 is 0 Å². The molecule has 0 saturated carbocycles. The van der Waals surface area contributed by atoms with Crippen molar-refractivity contribution in [2.24, 2.45) is 0 Å². The molecular weight excluding hydrogens is 302 g/mol. The second-order valence-corrected chi connectivity index (χ2v) is 6.06. The van der Waals surface area contributed by atoms with Crippen LogP contribution in [0.1, 0.15) is 25.6 Å². The van der Waals surface area contributed by atoms with Crippen LogP contribution in [0.25, 0.3) is 11.2 Å². The second-order valence-electron chi connectivity index (χ2n) is 6.06. The minimum absolute atomic E-state index is 0.0744. The number of aliphatic hydroxyl groups is 1. The Labute approximate surface area is 132 Å². The topological polar surface area (TPSA) is 113 Å². The first-order valence-corrected chi connectivity index (χ1v) is 7.21. The number of aromatic nitrogens is 4. The van der Waals surface area contributed by atoms with Crippen LogP contribution in [0.15, 0.2) is 11.0 Å². The van der Waals surface area contributed by atoms with Crippen molar-refractivity contribution in [2.45, 2.75) is 31.8 Å². The third kappa shape index (κ3) is 3.03. The maximum atomic E-state index is 12.1. The van der Waals surface area contributed by atoms with E-state index in [0.29, 0.717) is 5.95 Å². The van der Waals surface area contributed by atoms with Crippen molar-refractivity contribution in [1.82, 2.24) is 19.9 Å². The number of ether oxygens (including phenoxy) is 2. The van der Waals surface area contributed by atoms with Gasteiger partial charge in [0.25, 0.3) is 5.56 Å². The average molecular weight is 321 g/mol. The molecule has 1 aliphatic heterocycles. The average Bonchev–Trinajstić information content (AvgIpc) is 2.86. The molecule has 2 aromatic heterocycles. The van der Waals surface area contributed by atoms with Gasteiger partial charge in [0.2, 0.25) is 5.95 Å². The Morgan fingerprint density at radius 2 is 2.17 bits per heavy atom. The highest BCUT2D eigenvalue weighted by Crippen LogP contribution is 2.29. The van der Waals surface area contributed by atoms with Crippen LogP contribution in [0.4, 0.5) is 5.95 Å². The molecule has 0 aromatic carbocycles. The first-order valence-electron chi connectivity index (χ1n) is 7.21. The first-order chi connectivity index (χ1) is 10.8. The number of rotatable bonds is 3. The summed E-state index contributed by atoms with van der Waals surface area (Å²) in [4.78, 5) is 29.0. The number of aliphatic hydroxyl groups excluding tert-OH is 1. The Hall–Kier alpha value is -2.10. The van der Waals surface area contributed by atoms with Gasteiger partial charge in [-0.05, 0) is 13.8 Å². The molecule has 2 atom stereocenters. The van der Waals surface area contributed by atoms with Crippen LogP contribution in [0.5, 0.6) is 0 Å². The fourth-order valence-electron chi connectivity index (χ4n) is 2.34. The van der Waals surface area contributed by atoms with E-state index in [-0.39, 0.29) is 23.5 Å². The molecule has 0 radical (unpaired) electrons. The number of aromatic amines is 1. The zero-order valence-corrected chi connectivity index (χ0v) is 13.4. The van der Waals surface area contributed by atoms with E-state index in [4.69, 9.17) is 9.47 Å². The molecule has 23 heavy (non-hydrogen) atoms. The van der Waals surface area contributed by atoms with Crippen molar-refractivity contribution >= 4 is 17.1 Å². The van der Waals surface area contributed by atoms with Gasteiger partial charge in [-0.2, -0.15) is 4.98 Å². The summed E-state index contributed by atoms with van der Waals surface area (Å²) in [5, 5.41) is 10.4. The molecule has 0 bridgehead atoms. The van der Waals surface area contributed by atoms with Crippen LogP contribution in [-0.2, 0) is 9.47 Å². The predicted octanol–water partition coefficient (Wildman–Crippen LogP) is -0.0360. The molecule has 3 rings (SSSR count).